The molecule has 4 nitrogen and oxygen atoms in total. The van der Waals surface area contributed by atoms with Gasteiger partial charge in [-0.3, -0.25) is 5.10 Å². The van der Waals surface area contributed by atoms with Gasteiger partial charge in [-0.2, -0.15) is 5.10 Å². The molecular formula is C15H14N4. The number of aromatic amines is 1. The normalized spacial score (nSPS) is 10.6. The summed E-state index contributed by atoms with van der Waals surface area (Å²) in [4.78, 5) is 9.10. The minimum absolute atomic E-state index is 0.743. The van der Waals surface area contributed by atoms with Crippen LogP contribution in [-0.2, 0) is 6.42 Å². The second-order valence-corrected chi connectivity index (χ2v) is 4.46. The first-order valence-electron chi connectivity index (χ1n) is 6.19. The number of H-pyrrole nitrogens is 1. The molecule has 2 heterocycles. The highest BCUT2D eigenvalue weighted by molar-refractivity contribution is 5.56. The zero-order valence-corrected chi connectivity index (χ0v) is 10.7. The molecule has 0 aliphatic carbocycles. The second-order valence-electron chi connectivity index (χ2n) is 4.46. The van der Waals surface area contributed by atoms with E-state index in [1.807, 2.05) is 37.4 Å². The fourth-order valence-electron chi connectivity index (χ4n) is 2.03. The van der Waals surface area contributed by atoms with Crippen molar-refractivity contribution in [2.45, 2.75) is 13.3 Å². The van der Waals surface area contributed by atoms with E-state index in [1.165, 1.54) is 5.56 Å². The summed E-state index contributed by atoms with van der Waals surface area (Å²) in [5.41, 5.74) is 4.08. The quantitative estimate of drug-likeness (QED) is 0.777. The van der Waals surface area contributed by atoms with Crippen LogP contribution in [0.15, 0.2) is 48.8 Å². The van der Waals surface area contributed by atoms with Gasteiger partial charge in [0.1, 0.15) is 5.82 Å². The molecule has 19 heavy (non-hydrogen) atoms. The first-order valence-corrected chi connectivity index (χ1v) is 6.19. The third-order valence-electron chi connectivity index (χ3n) is 2.90. The molecule has 0 atom stereocenters. The molecule has 94 valence electrons. The van der Waals surface area contributed by atoms with Gasteiger partial charge in [0.25, 0.3) is 0 Å². The molecule has 0 radical (unpaired) electrons. The molecule has 3 rings (SSSR count). The lowest BCUT2D eigenvalue weighted by Gasteiger charge is -2.05. The summed E-state index contributed by atoms with van der Waals surface area (Å²) in [5, 5.41) is 6.76. The second kappa shape index (κ2) is 5.02. The molecule has 0 fully saturated rings. The van der Waals surface area contributed by atoms with Gasteiger partial charge >= 0.3 is 0 Å². The molecule has 0 amide bonds. The van der Waals surface area contributed by atoms with E-state index < -0.39 is 0 Å². The fourth-order valence-corrected chi connectivity index (χ4v) is 2.03. The molecular weight excluding hydrogens is 236 g/mol. The first-order chi connectivity index (χ1) is 9.31. The van der Waals surface area contributed by atoms with Crippen LogP contribution in [0.25, 0.3) is 11.3 Å². The number of hydrogen-bond acceptors (Lipinski definition) is 3. The van der Waals surface area contributed by atoms with E-state index >= 15 is 0 Å². The predicted octanol–water partition coefficient (Wildman–Crippen LogP) is 2.77. The van der Waals surface area contributed by atoms with Gasteiger partial charge in [0.15, 0.2) is 0 Å². The Balaban J connectivity index is 1.94. The summed E-state index contributed by atoms with van der Waals surface area (Å²) in [5.74, 6) is 0.836. The van der Waals surface area contributed by atoms with Crippen LogP contribution in [0.1, 0.15) is 17.1 Å². The molecule has 0 aliphatic heterocycles. The van der Waals surface area contributed by atoms with Crippen LogP contribution in [0.2, 0.25) is 0 Å². The fraction of sp³-hybridized carbons (Fsp3) is 0.133. The lowest BCUT2D eigenvalue weighted by molar-refractivity contribution is 0.946. The van der Waals surface area contributed by atoms with Gasteiger partial charge in [0, 0.05) is 23.9 Å². The Morgan fingerprint density at radius 2 is 1.95 bits per heavy atom. The van der Waals surface area contributed by atoms with Crippen LogP contribution in [0.4, 0.5) is 0 Å². The molecule has 2 aromatic heterocycles. The van der Waals surface area contributed by atoms with Gasteiger partial charge in [-0.25, -0.2) is 9.97 Å². The van der Waals surface area contributed by atoms with Gasteiger partial charge in [-0.1, -0.05) is 30.3 Å². The third-order valence-corrected chi connectivity index (χ3v) is 2.90. The molecule has 1 N–H and O–H groups in total. The first kappa shape index (κ1) is 11.6. The molecule has 3 aromatic rings. The Bertz CT molecular complexity index is 660. The Morgan fingerprint density at radius 3 is 2.68 bits per heavy atom. The number of benzene rings is 1. The Labute approximate surface area is 111 Å². The molecule has 0 unspecified atom stereocenters. The van der Waals surface area contributed by atoms with E-state index in [1.54, 1.807) is 6.20 Å². The van der Waals surface area contributed by atoms with Gasteiger partial charge in [-0.05, 0) is 18.6 Å². The maximum atomic E-state index is 4.60. The number of nitrogens with zero attached hydrogens (tertiary/aromatic N) is 3. The van der Waals surface area contributed by atoms with Gasteiger partial charge < -0.3 is 0 Å². The van der Waals surface area contributed by atoms with Crippen LogP contribution < -0.4 is 0 Å². The number of hydrogen-bond donors (Lipinski definition) is 1. The standard InChI is InChI=1S/C15H14N4/c1-11-7-14(13-9-16-17-10-13)19-15(18-11)8-12-5-3-2-4-6-12/h2-7,9-10H,8H2,1H3,(H,16,17). The van der Waals surface area contributed by atoms with Crippen molar-refractivity contribution in [3.05, 3.63) is 65.9 Å². The Hall–Kier alpha value is -2.49. The third kappa shape index (κ3) is 2.68. The van der Waals surface area contributed by atoms with Crippen LogP contribution in [0.3, 0.4) is 0 Å². The summed E-state index contributed by atoms with van der Waals surface area (Å²) in [6.07, 6.45) is 4.36. The highest BCUT2D eigenvalue weighted by atomic mass is 15.1. The average molecular weight is 250 g/mol. The van der Waals surface area contributed by atoms with Crippen molar-refractivity contribution < 1.29 is 0 Å². The van der Waals surface area contributed by atoms with E-state index in [-0.39, 0.29) is 0 Å². The van der Waals surface area contributed by atoms with Crippen molar-refractivity contribution in [2.24, 2.45) is 0 Å². The highest BCUT2D eigenvalue weighted by Gasteiger charge is 2.06. The monoisotopic (exact) mass is 250 g/mol. The summed E-state index contributed by atoms with van der Waals surface area (Å²) in [7, 11) is 0. The van der Waals surface area contributed by atoms with Gasteiger partial charge in [0.2, 0.25) is 0 Å². The molecule has 1 aromatic carbocycles. The van der Waals surface area contributed by atoms with Gasteiger partial charge in [0.05, 0.1) is 11.9 Å². The summed E-state index contributed by atoms with van der Waals surface area (Å²) >= 11 is 0. The van der Waals surface area contributed by atoms with Gasteiger partial charge in [-0.15, -0.1) is 0 Å². The number of rotatable bonds is 3. The zero-order chi connectivity index (χ0) is 13.1. The Morgan fingerprint density at radius 1 is 1.11 bits per heavy atom. The number of nitrogens with one attached hydrogen (secondary N) is 1. The molecule has 0 saturated carbocycles. The van der Waals surface area contributed by atoms with E-state index in [4.69, 9.17) is 0 Å². The molecule has 4 heteroatoms. The maximum Gasteiger partial charge on any atom is 0.133 e. The van der Waals surface area contributed by atoms with Crippen LogP contribution in [0.5, 0.6) is 0 Å². The van der Waals surface area contributed by atoms with Crippen molar-refractivity contribution >= 4 is 0 Å². The lowest BCUT2D eigenvalue weighted by Crippen LogP contribution is -2.00. The zero-order valence-electron chi connectivity index (χ0n) is 10.7. The van der Waals surface area contributed by atoms with Crippen molar-refractivity contribution in [3.63, 3.8) is 0 Å². The predicted molar refractivity (Wildman–Crippen MR) is 73.6 cm³/mol. The van der Waals surface area contributed by atoms with Crippen molar-refractivity contribution in [2.75, 3.05) is 0 Å². The SMILES string of the molecule is Cc1cc(-c2cn[nH]c2)nc(Cc2ccccc2)n1. The number of aromatic nitrogens is 4. The van der Waals surface area contributed by atoms with Crippen molar-refractivity contribution in [1.82, 2.24) is 20.2 Å². The van der Waals surface area contributed by atoms with E-state index in [2.05, 4.69) is 32.3 Å². The average Bonchev–Trinajstić information content (AvgIpc) is 2.93. The van der Waals surface area contributed by atoms with Crippen molar-refractivity contribution in [1.29, 1.82) is 0 Å². The smallest absolute Gasteiger partial charge is 0.133 e. The van der Waals surface area contributed by atoms with Crippen LogP contribution >= 0.6 is 0 Å². The topological polar surface area (TPSA) is 54.5 Å². The van der Waals surface area contributed by atoms with Crippen LogP contribution in [0, 0.1) is 6.92 Å². The summed E-state index contributed by atoms with van der Waals surface area (Å²) < 4.78 is 0. The van der Waals surface area contributed by atoms with E-state index in [0.717, 1.165) is 29.2 Å². The summed E-state index contributed by atoms with van der Waals surface area (Å²) in [6.45, 7) is 1.99. The number of aryl methyl sites for hydroxylation is 1. The Kier molecular flexibility index (Phi) is 3.06. The van der Waals surface area contributed by atoms with Crippen LogP contribution in [-0.4, -0.2) is 20.2 Å². The molecule has 0 saturated heterocycles. The minimum atomic E-state index is 0.743. The molecule has 0 spiro atoms. The van der Waals surface area contributed by atoms with Crippen molar-refractivity contribution in [3.8, 4) is 11.3 Å². The molecule has 0 aliphatic rings. The van der Waals surface area contributed by atoms with E-state index in [9.17, 15) is 0 Å². The van der Waals surface area contributed by atoms with E-state index in [0.29, 0.717) is 0 Å². The maximum absolute atomic E-state index is 4.60. The minimum Gasteiger partial charge on any atom is -0.285 e. The molecule has 0 bridgehead atoms. The largest absolute Gasteiger partial charge is 0.285 e. The summed E-state index contributed by atoms with van der Waals surface area (Å²) in [6, 6.07) is 12.2. The lowest BCUT2D eigenvalue weighted by atomic mass is 10.1. The highest BCUT2D eigenvalue weighted by Crippen LogP contribution is 2.17.